The van der Waals surface area contributed by atoms with Crippen LogP contribution in [0.15, 0.2) is 60.7 Å². The smallest absolute Gasteiger partial charge is 0.299 e. The van der Waals surface area contributed by atoms with E-state index in [1.165, 1.54) is 6.07 Å². The third-order valence-electron chi connectivity index (χ3n) is 4.10. The molecule has 3 aromatic rings. The van der Waals surface area contributed by atoms with Gasteiger partial charge in [0, 0.05) is 18.0 Å². The molecule has 0 heterocycles. The Balaban J connectivity index is 1.63. The summed E-state index contributed by atoms with van der Waals surface area (Å²) in [5.41, 5.74) is -0.728. The number of nitro benzene ring substituents is 2. The van der Waals surface area contributed by atoms with Crippen LogP contribution in [0.3, 0.4) is 0 Å². The molecule has 3 rings (SSSR count). The molecular formula is C19H17N3O6. The summed E-state index contributed by atoms with van der Waals surface area (Å²) in [4.78, 5) is 20.5. The summed E-state index contributed by atoms with van der Waals surface area (Å²) in [6.45, 7) is -0.0504. The number of ether oxygens (including phenoxy) is 1. The largest absolute Gasteiger partial charge is 0.490 e. The average molecular weight is 383 g/mol. The van der Waals surface area contributed by atoms with Crippen molar-refractivity contribution in [3.8, 4) is 5.75 Å². The minimum absolute atomic E-state index is 0.0244. The van der Waals surface area contributed by atoms with Crippen LogP contribution in [0.5, 0.6) is 5.75 Å². The first-order valence-electron chi connectivity index (χ1n) is 8.41. The van der Waals surface area contributed by atoms with Crippen LogP contribution in [-0.2, 0) is 0 Å². The molecule has 9 heteroatoms. The fourth-order valence-electron chi connectivity index (χ4n) is 2.73. The molecule has 0 aliphatic rings. The van der Waals surface area contributed by atoms with E-state index < -0.39 is 21.6 Å². The van der Waals surface area contributed by atoms with Gasteiger partial charge >= 0.3 is 0 Å². The van der Waals surface area contributed by atoms with Crippen LogP contribution in [0.25, 0.3) is 10.8 Å². The van der Waals surface area contributed by atoms with Crippen LogP contribution >= 0.6 is 0 Å². The van der Waals surface area contributed by atoms with Crippen LogP contribution in [0.4, 0.5) is 17.1 Å². The second-order valence-corrected chi connectivity index (χ2v) is 6.04. The van der Waals surface area contributed by atoms with Gasteiger partial charge in [0.1, 0.15) is 24.1 Å². The number of non-ortho nitro benzene ring substituents is 1. The molecule has 0 saturated carbocycles. The van der Waals surface area contributed by atoms with Crippen LogP contribution in [0.1, 0.15) is 0 Å². The molecule has 1 unspecified atom stereocenters. The molecule has 0 fully saturated rings. The Bertz CT molecular complexity index is 1020. The van der Waals surface area contributed by atoms with E-state index in [4.69, 9.17) is 4.74 Å². The maximum absolute atomic E-state index is 11.1. The second-order valence-electron chi connectivity index (χ2n) is 6.04. The summed E-state index contributed by atoms with van der Waals surface area (Å²) in [7, 11) is 0. The van der Waals surface area contributed by atoms with E-state index in [0.29, 0.717) is 5.75 Å². The third-order valence-corrected chi connectivity index (χ3v) is 4.10. The number of nitrogens with one attached hydrogen (secondary N) is 1. The first-order chi connectivity index (χ1) is 13.5. The van der Waals surface area contributed by atoms with Gasteiger partial charge < -0.3 is 15.2 Å². The average Bonchev–Trinajstić information content (AvgIpc) is 2.70. The monoisotopic (exact) mass is 383 g/mol. The van der Waals surface area contributed by atoms with Gasteiger partial charge in [0.15, 0.2) is 0 Å². The lowest BCUT2D eigenvalue weighted by Crippen LogP contribution is -2.26. The molecule has 0 amide bonds. The van der Waals surface area contributed by atoms with Gasteiger partial charge in [-0.3, -0.25) is 20.2 Å². The number of nitrogens with zero attached hydrogens (tertiary/aromatic N) is 2. The molecule has 0 bridgehead atoms. The molecule has 2 N–H and O–H groups in total. The van der Waals surface area contributed by atoms with Crippen LogP contribution in [-0.4, -0.2) is 34.2 Å². The lowest BCUT2D eigenvalue weighted by atomic mass is 10.1. The van der Waals surface area contributed by atoms with Gasteiger partial charge in [-0.25, -0.2) is 0 Å². The van der Waals surface area contributed by atoms with Crippen LogP contribution in [0, 0.1) is 20.2 Å². The van der Waals surface area contributed by atoms with Crippen molar-refractivity contribution in [3.63, 3.8) is 0 Å². The zero-order valence-electron chi connectivity index (χ0n) is 14.6. The van der Waals surface area contributed by atoms with Crippen molar-refractivity contribution >= 4 is 27.8 Å². The van der Waals surface area contributed by atoms with Crippen molar-refractivity contribution in [2.75, 3.05) is 18.5 Å². The number of benzene rings is 3. The van der Waals surface area contributed by atoms with Crippen molar-refractivity contribution in [1.29, 1.82) is 0 Å². The summed E-state index contributed by atoms with van der Waals surface area (Å²) in [6, 6.07) is 16.6. The van der Waals surface area contributed by atoms with E-state index in [9.17, 15) is 25.3 Å². The molecule has 0 spiro atoms. The molecule has 28 heavy (non-hydrogen) atoms. The van der Waals surface area contributed by atoms with Crippen LogP contribution < -0.4 is 10.1 Å². The van der Waals surface area contributed by atoms with Crippen LogP contribution in [0.2, 0.25) is 0 Å². The van der Waals surface area contributed by atoms with Crippen molar-refractivity contribution in [2.45, 2.75) is 6.10 Å². The fourth-order valence-corrected chi connectivity index (χ4v) is 2.73. The number of aliphatic hydroxyl groups is 1. The summed E-state index contributed by atoms with van der Waals surface area (Å²) in [6.07, 6.45) is -0.950. The Morgan fingerprint density at radius 1 is 1.00 bits per heavy atom. The Morgan fingerprint density at radius 2 is 1.75 bits per heavy atom. The molecule has 0 aliphatic heterocycles. The molecule has 0 radical (unpaired) electrons. The summed E-state index contributed by atoms with van der Waals surface area (Å²) in [5, 5.41) is 36.7. The number of aliphatic hydroxyl groups excluding tert-OH is 1. The van der Waals surface area contributed by atoms with Gasteiger partial charge in [-0.15, -0.1) is 0 Å². The van der Waals surface area contributed by atoms with Crippen molar-refractivity contribution in [3.05, 3.63) is 80.9 Å². The maximum Gasteiger partial charge on any atom is 0.299 e. The highest BCUT2D eigenvalue weighted by Gasteiger charge is 2.20. The number of hydrogen-bond acceptors (Lipinski definition) is 7. The maximum atomic E-state index is 11.1. The second kappa shape index (κ2) is 8.31. The van der Waals surface area contributed by atoms with Gasteiger partial charge in [-0.2, -0.15) is 0 Å². The van der Waals surface area contributed by atoms with Gasteiger partial charge in [0.25, 0.3) is 11.4 Å². The number of anilines is 1. The molecule has 9 nitrogen and oxygen atoms in total. The standard InChI is InChI=1S/C19H17N3O6/c23-15(12-28-19-7-3-5-13-4-1-2-6-16(13)19)11-20-17-9-8-14(21(24)25)10-18(17)22(26)27/h1-10,15,20,23H,11-12H2. The number of fused-ring (bicyclic) bond motifs is 1. The molecular weight excluding hydrogens is 366 g/mol. The topological polar surface area (TPSA) is 128 Å². The minimum atomic E-state index is -0.950. The van der Waals surface area contributed by atoms with E-state index in [1.54, 1.807) is 6.07 Å². The fraction of sp³-hybridized carbons (Fsp3) is 0.158. The zero-order valence-corrected chi connectivity index (χ0v) is 14.6. The highest BCUT2D eigenvalue weighted by atomic mass is 16.6. The van der Waals surface area contributed by atoms with E-state index in [1.807, 2.05) is 36.4 Å². The predicted octanol–water partition coefficient (Wildman–Crippen LogP) is 3.51. The number of hydrogen-bond donors (Lipinski definition) is 2. The summed E-state index contributed by atoms with van der Waals surface area (Å²) in [5.74, 6) is 0.624. The van der Waals surface area contributed by atoms with E-state index in [0.717, 1.165) is 22.9 Å². The molecule has 0 aliphatic carbocycles. The Hall–Kier alpha value is -3.72. The highest BCUT2D eigenvalue weighted by Crippen LogP contribution is 2.29. The first-order valence-corrected chi connectivity index (χ1v) is 8.41. The van der Waals surface area contributed by atoms with E-state index in [2.05, 4.69) is 5.32 Å². The Morgan fingerprint density at radius 3 is 2.50 bits per heavy atom. The van der Waals surface area contributed by atoms with Crippen molar-refractivity contribution in [1.82, 2.24) is 0 Å². The van der Waals surface area contributed by atoms with Gasteiger partial charge in [0.05, 0.1) is 15.9 Å². The molecule has 144 valence electrons. The molecule has 1 atom stereocenters. The van der Waals surface area contributed by atoms with Gasteiger partial charge in [-0.05, 0) is 17.5 Å². The zero-order chi connectivity index (χ0) is 20.1. The lowest BCUT2D eigenvalue weighted by Gasteiger charge is -2.15. The van der Waals surface area contributed by atoms with E-state index in [-0.39, 0.29) is 24.5 Å². The molecule has 0 saturated heterocycles. The van der Waals surface area contributed by atoms with Crippen molar-refractivity contribution in [2.24, 2.45) is 0 Å². The Labute approximate surface area is 159 Å². The SMILES string of the molecule is O=[N+]([O-])c1ccc(NCC(O)COc2cccc3ccccc23)c([N+](=O)[O-])c1. The first kappa shape index (κ1) is 19.1. The lowest BCUT2D eigenvalue weighted by molar-refractivity contribution is -0.393. The number of rotatable bonds is 8. The molecule has 3 aromatic carbocycles. The van der Waals surface area contributed by atoms with Crippen molar-refractivity contribution < 1.29 is 19.7 Å². The van der Waals surface area contributed by atoms with E-state index >= 15 is 0 Å². The van der Waals surface area contributed by atoms with Gasteiger partial charge in [-0.1, -0.05) is 36.4 Å². The third kappa shape index (κ3) is 4.33. The predicted molar refractivity (Wildman–Crippen MR) is 104 cm³/mol. The summed E-state index contributed by atoms with van der Waals surface area (Å²) >= 11 is 0. The van der Waals surface area contributed by atoms with Gasteiger partial charge in [0.2, 0.25) is 0 Å². The number of nitro groups is 2. The highest BCUT2D eigenvalue weighted by molar-refractivity contribution is 5.88. The molecule has 0 aromatic heterocycles. The quantitative estimate of drug-likeness (QED) is 0.450. The summed E-state index contributed by atoms with van der Waals surface area (Å²) < 4.78 is 5.68. The minimum Gasteiger partial charge on any atom is -0.490 e. The normalized spacial score (nSPS) is 11.8. The Kier molecular flexibility index (Phi) is 5.66.